The second-order valence-electron chi connectivity index (χ2n) is 16.9. The molecule has 0 aromatic carbocycles. The van der Waals surface area contributed by atoms with Crippen LogP contribution in [0.1, 0.15) is 113 Å². The minimum atomic E-state index is -0.115. The molecule has 240 valence electrons. The van der Waals surface area contributed by atoms with Crippen LogP contribution < -0.4 is 0 Å². The third-order valence-corrected chi connectivity index (χ3v) is 14.8. The smallest absolute Gasteiger partial charge is 0.302 e. The predicted octanol–water partition coefficient (Wildman–Crippen LogP) is 7.33. The van der Waals surface area contributed by atoms with Crippen molar-refractivity contribution in [3.63, 3.8) is 0 Å². The summed E-state index contributed by atoms with van der Waals surface area (Å²) >= 11 is 0. The van der Waals surface area contributed by atoms with Crippen LogP contribution >= 0.6 is 0 Å². The molecule has 1 heterocycles. The summed E-state index contributed by atoms with van der Waals surface area (Å²) in [5.74, 6) is 5.15. The molecule has 42 heavy (non-hydrogen) atoms. The SMILES string of the molecule is CC(=O)OC1CCC2(C)C(CCC3(C)C4CCC(CC=O)(CCN5CCN(C)CC5)C(C(C)C(C)C)C4CCC23)C1C. The molecule has 11 unspecified atom stereocenters. The monoisotopic (exact) mass is 584 g/mol. The maximum atomic E-state index is 12.4. The molecule has 0 spiro atoms. The molecule has 0 aromatic rings. The lowest BCUT2D eigenvalue weighted by atomic mass is 9.36. The van der Waals surface area contributed by atoms with Gasteiger partial charge in [0.2, 0.25) is 0 Å². The first kappa shape index (κ1) is 32.5. The van der Waals surface area contributed by atoms with Crippen molar-refractivity contribution < 1.29 is 14.3 Å². The van der Waals surface area contributed by atoms with Crippen LogP contribution in [0.15, 0.2) is 0 Å². The van der Waals surface area contributed by atoms with E-state index in [1.54, 1.807) is 6.92 Å². The highest BCUT2D eigenvalue weighted by Crippen LogP contribution is 2.71. The molecule has 5 nitrogen and oxygen atoms in total. The normalized spacial score (nSPS) is 45.4. The van der Waals surface area contributed by atoms with Crippen molar-refractivity contribution in [3.05, 3.63) is 0 Å². The Morgan fingerprint density at radius 3 is 2.21 bits per heavy atom. The van der Waals surface area contributed by atoms with Crippen LogP contribution in [0.25, 0.3) is 0 Å². The van der Waals surface area contributed by atoms with Crippen LogP contribution in [0, 0.1) is 63.6 Å². The fourth-order valence-corrected chi connectivity index (χ4v) is 12.4. The molecule has 4 saturated carbocycles. The number of likely N-dealkylation sites (N-methyl/N-ethyl adjacent to an activating group) is 1. The van der Waals surface area contributed by atoms with Gasteiger partial charge in [-0.2, -0.15) is 0 Å². The summed E-state index contributed by atoms with van der Waals surface area (Å²) in [6, 6.07) is 0. The van der Waals surface area contributed by atoms with E-state index in [0.29, 0.717) is 40.4 Å². The van der Waals surface area contributed by atoms with E-state index in [1.165, 1.54) is 70.7 Å². The van der Waals surface area contributed by atoms with Gasteiger partial charge in [0.05, 0.1) is 0 Å². The van der Waals surface area contributed by atoms with Gasteiger partial charge in [-0.15, -0.1) is 0 Å². The van der Waals surface area contributed by atoms with Gasteiger partial charge in [0.15, 0.2) is 0 Å². The molecule has 0 aromatic heterocycles. The molecule has 0 N–H and O–H groups in total. The predicted molar refractivity (Wildman–Crippen MR) is 171 cm³/mol. The molecular formula is C37H64N2O3. The molecule has 0 bridgehead atoms. The first-order valence-electron chi connectivity index (χ1n) is 17.9. The van der Waals surface area contributed by atoms with Crippen molar-refractivity contribution in [1.29, 1.82) is 0 Å². The summed E-state index contributed by atoms with van der Waals surface area (Å²) < 4.78 is 5.85. The average Bonchev–Trinajstić information content (AvgIpc) is 2.93. The first-order valence-corrected chi connectivity index (χ1v) is 17.9. The van der Waals surface area contributed by atoms with Crippen molar-refractivity contribution in [2.75, 3.05) is 39.8 Å². The zero-order valence-corrected chi connectivity index (χ0v) is 28.5. The third-order valence-electron chi connectivity index (χ3n) is 14.8. The Kier molecular flexibility index (Phi) is 9.62. The number of piperazine rings is 1. The number of carbonyl (C=O) groups excluding carboxylic acids is 2. The van der Waals surface area contributed by atoms with Crippen molar-refractivity contribution in [2.24, 2.45) is 63.6 Å². The Bertz CT molecular complexity index is 961. The maximum absolute atomic E-state index is 12.4. The molecule has 5 fully saturated rings. The van der Waals surface area contributed by atoms with Crippen LogP contribution in [-0.2, 0) is 14.3 Å². The van der Waals surface area contributed by atoms with Crippen LogP contribution in [0.2, 0.25) is 0 Å². The molecule has 0 radical (unpaired) electrons. The van der Waals surface area contributed by atoms with E-state index in [2.05, 4.69) is 58.4 Å². The van der Waals surface area contributed by atoms with E-state index in [9.17, 15) is 9.59 Å². The molecule has 5 heteroatoms. The quantitative estimate of drug-likeness (QED) is 0.221. The van der Waals surface area contributed by atoms with Gasteiger partial charge in [0.25, 0.3) is 0 Å². The van der Waals surface area contributed by atoms with Crippen molar-refractivity contribution in [2.45, 2.75) is 119 Å². The third kappa shape index (κ3) is 5.65. The summed E-state index contributed by atoms with van der Waals surface area (Å²) in [7, 11) is 2.24. The fourth-order valence-electron chi connectivity index (χ4n) is 12.4. The van der Waals surface area contributed by atoms with Crippen molar-refractivity contribution >= 4 is 12.3 Å². The Morgan fingerprint density at radius 2 is 1.57 bits per heavy atom. The number of ether oxygens (including phenoxy) is 1. The first-order chi connectivity index (χ1) is 19.9. The fraction of sp³-hybridized carbons (Fsp3) is 0.946. The van der Waals surface area contributed by atoms with Gasteiger partial charge in [0.1, 0.15) is 12.4 Å². The summed E-state index contributed by atoms with van der Waals surface area (Å²) in [4.78, 5) is 29.4. The van der Waals surface area contributed by atoms with Crippen molar-refractivity contribution in [3.8, 4) is 0 Å². The van der Waals surface area contributed by atoms with Gasteiger partial charge in [-0.3, -0.25) is 4.79 Å². The number of carbonyl (C=O) groups is 2. The molecule has 4 aliphatic carbocycles. The van der Waals surface area contributed by atoms with Gasteiger partial charge < -0.3 is 19.3 Å². The zero-order valence-electron chi connectivity index (χ0n) is 28.5. The Hall–Kier alpha value is -0.940. The van der Waals surface area contributed by atoms with Crippen LogP contribution in [0.4, 0.5) is 0 Å². The van der Waals surface area contributed by atoms with Crippen LogP contribution in [-0.4, -0.2) is 67.9 Å². The molecule has 0 amide bonds. The van der Waals surface area contributed by atoms with Gasteiger partial charge in [0, 0.05) is 39.5 Å². The van der Waals surface area contributed by atoms with Gasteiger partial charge in [-0.25, -0.2) is 0 Å². The Morgan fingerprint density at radius 1 is 0.929 bits per heavy atom. The number of nitrogens with zero attached hydrogens (tertiary/aromatic N) is 2. The average molecular weight is 585 g/mol. The van der Waals surface area contributed by atoms with Gasteiger partial charge >= 0.3 is 5.97 Å². The topological polar surface area (TPSA) is 49.9 Å². The van der Waals surface area contributed by atoms with Gasteiger partial charge in [-0.1, -0.05) is 41.5 Å². The number of esters is 1. The number of aldehydes is 1. The van der Waals surface area contributed by atoms with E-state index in [1.807, 2.05) is 0 Å². The highest BCUT2D eigenvalue weighted by molar-refractivity contribution is 5.66. The molecule has 5 aliphatic rings. The Balaban J connectivity index is 1.41. The lowest BCUT2D eigenvalue weighted by Gasteiger charge is -2.69. The molecule has 5 rings (SSSR count). The van der Waals surface area contributed by atoms with E-state index >= 15 is 0 Å². The lowest BCUT2D eigenvalue weighted by molar-refractivity contribution is -0.209. The molecule has 11 atom stereocenters. The minimum absolute atomic E-state index is 0.0940. The number of rotatable bonds is 8. The standard InChI is InChI=1S/C37H64N2O3/c1-25(2)26(3)34-29-9-10-33-35(6)15-13-32(42-28(5)41)27(4)30(35)11-14-36(33,7)31(29)12-16-37(34,18-24-40)17-19-39-22-20-38(8)21-23-39/h24-27,29-34H,9-23H2,1-8H3. The highest BCUT2D eigenvalue weighted by Gasteiger charge is 2.64. The van der Waals surface area contributed by atoms with Crippen LogP contribution in [0.5, 0.6) is 0 Å². The minimum Gasteiger partial charge on any atom is -0.462 e. The molecule has 1 saturated heterocycles. The lowest BCUT2D eigenvalue weighted by Crippen LogP contribution is -2.62. The van der Waals surface area contributed by atoms with Crippen LogP contribution in [0.3, 0.4) is 0 Å². The summed E-state index contributed by atoms with van der Waals surface area (Å²) in [5, 5.41) is 0. The van der Waals surface area contributed by atoms with E-state index < -0.39 is 0 Å². The largest absolute Gasteiger partial charge is 0.462 e. The number of hydrogen-bond acceptors (Lipinski definition) is 5. The zero-order chi connectivity index (χ0) is 30.4. The van der Waals surface area contributed by atoms with E-state index in [-0.39, 0.29) is 17.5 Å². The summed E-state index contributed by atoms with van der Waals surface area (Å²) in [5.41, 5.74) is 0.866. The van der Waals surface area contributed by atoms with E-state index in [4.69, 9.17) is 4.74 Å². The maximum Gasteiger partial charge on any atom is 0.302 e. The highest BCUT2D eigenvalue weighted by atomic mass is 16.5. The summed E-state index contributed by atoms with van der Waals surface area (Å²) in [6.07, 6.45) is 13.4. The van der Waals surface area contributed by atoms with E-state index in [0.717, 1.165) is 50.2 Å². The second kappa shape index (κ2) is 12.5. The van der Waals surface area contributed by atoms with Crippen molar-refractivity contribution in [1.82, 2.24) is 9.80 Å². The second-order valence-corrected chi connectivity index (χ2v) is 16.9. The molecule has 1 aliphatic heterocycles. The molecular weight excluding hydrogens is 520 g/mol. The summed E-state index contributed by atoms with van der Waals surface area (Å²) in [6.45, 7) is 22.5. The van der Waals surface area contributed by atoms with Gasteiger partial charge in [-0.05, 0) is 135 Å². The number of hydrogen-bond donors (Lipinski definition) is 0. The Labute approximate surface area is 258 Å². The number of fused-ring (bicyclic) bond motifs is 5.